The van der Waals surface area contributed by atoms with Crippen molar-refractivity contribution in [1.29, 1.82) is 0 Å². The van der Waals surface area contributed by atoms with Crippen molar-refractivity contribution in [2.75, 3.05) is 0 Å². The molecule has 2 rings (SSSR count). The van der Waals surface area contributed by atoms with Crippen LogP contribution in [0.3, 0.4) is 0 Å². The Balaban J connectivity index is 2.11. The van der Waals surface area contributed by atoms with Gasteiger partial charge < -0.3 is 10.7 Å². The van der Waals surface area contributed by atoms with Crippen LogP contribution in [0.15, 0.2) is 36.7 Å². The Morgan fingerprint density at radius 3 is 2.75 bits per heavy atom. The molecule has 84 valence electrons. The van der Waals surface area contributed by atoms with Crippen LogP contribution in [0.4, 0.5) is 0 Å². The first kappa shape index (κ1) is 10.9. The number of benzene rings is 1. The quantitative estimate of drug-likeness (QED) is 0.821. The second-order valence-corrected chi connectivity index (χ2v) is 3.90. The van der Waals surface area contributed by atoms with Crippen LogP contribution < -0.4 is 5.73 Å². The molecule has 0 radical (unpaired) electrons. The van der Waals surface area contributed by atoms with Gasteiger partial charge in [0.15, 0.2) is 0 Å². The van der Waals surface area contributed by atoms with Gasteiger partial charge in [0.1, 0.15) is 0 Å². The van der Waals surface area contributed by atoms with Crippen molar-refractivity contribution in [2.24, 2.45) is 5.73 Å². The van der Waals surface area contributed by atoms with Crippen LogP contribution in [-0.2, 0) is 12.8 Å². The van der Waals surface area contributed by atoms with Gasteiger partial charge >= 0.3 is 0 Å². The van der Waals surface area contributed by atoms with Gasteiger partial charge in [-0.05, 0) is 12.0 Å². The number of aryl methyl sites for hydroxylation is 1. The van der Waals surface area contributed by atoms with E-state index < -0.39 is 0 Å². The van der Waals surface area contributed by atoms with Gasteiger partial charge in [0.2, 0.25) is 0 Å². The maximum absolute atomic E-state index is 6.16. The lowest BCUT2D eigenvalue weighted by Gasteiger charge is -2.11. The molecule has 1 heterocycles. The minimum absolute atomic E-state index is 0.0342. The fourth-order valence-electron chi connectivity index (χ4n) is 1.87. The summed E-state index contributed by atoms with van der Waals surface area (Å²) >= 11 is 0. The molecule has 16 heavy (non-hydrogen) atoms. The Bertz CT molecular complexity index is 433. The van der Waals surface area contributed by atoms with Crippen molar-refractivity contribution in [3.63, 3.8) is 0 Å². The fraction of sp³-hybridized carbons (Fsp3) is 0.308. The van der Waals surface area contributed by atoms with E-state index in [0.29, 0.717) is 0 Å². The Morgan fingerprint density at radius 2 is 2.06 bits per heavy atom. The number of hydrogen-bond acceptors (Lipinski definition) is 2. The van der Waals surface area contributed by atoms with Crippen LogP contribution in [-0.4, -0.2) is 9.97 Å². The third-order valence-corrected chi connectivity index (χ3v) is 2.79. The molecule has 3 nitrogen and oxygen atoms in total. The highest BCUT2D eigenvalue weighted by Crippen LogP contribution is 2.16. The number of aromatic amines is 1. The van der Waals surface area contributed by atoms with Gasteiger partial charge in [0.05, 0.1) is 12.0 Å². The summed E-state index contributed by atoms with van der Waals surface area (Å²) in [5, 5.41) is 0. The average molecular weight is 215 g/mol. The topological polar surface area (TPSA) is 54.7 Å². The van der Waals surface area contributed by atoms with E-state index in [2.05, 4.69) is 29.0 Å². The molecule has 1 aromatic heterocycles. The van der Waals surface area contributed by atoms with E-state index in [1.807, 2.05) is 18.2 Å². The molecule has 0 aliphatic heterocycles. The first-order chi connectivity index (χ1) is 7.81. The third kappa shape index (κ3) is 2.31. The second-order valence-electron chi connectivity index (χ2n) is 3.90. The molecule has 0 spiro atoms. The molecule has 0 amide bonds. The van der Waals surface area contributed by atoms with Gasteiger partial charge in [0, 0.05) is 18.2 Å². The van der Waals surface area contributed by atoms with E-state index in [1.165, 1.54) is 5.56 Å². The van der Waals surface area contributed by atoms with Crippen molar-refractivity contribution in [1.82, 2.24) is 9.97 Å². The molecule has 0 fully saturated rings. The number of hydrogen-bond donors (Lipinski definition) is 2. The molecule has 1 aromatic carbocycles. The minimum Gasteiger partial charge on any atom is -0.348 e. The molecule has 0 bridgehead atoms. The van der Waals surface area contributed by atoms with E-state index in [9.17, 15) is 0 Å². The maximum atomic E-state index is 6.16. The van der Waals surface area contributed by atoms with Crippen LogP contribution in [0.1, 0.15) is 29.9 Å². The van der Waals surface area contributed by atoms with Crippen molar-refractivity contribution >= 4 is 0 Å². The smallest absolute Gasteiger partial charge is 0.0925 e. The molecule has 2 aromatic rings. The summed E-state index contributed by atoms with van der Waals surface area (Å²) in [6.07, 6.45) is 3.50. The predicted molar refractivity (Wildman–Crippen MR) is 65.0 cm³/mol. The standard InChI is InChI=1S/C13H17N3/c1-2-12-13(16-9-15-12)8-11(14)10-6-4-3-5-7-10/h3-7,9,11H,2,8,14H2,1H3,(H,15,16). The van der Waals surface area contributed by atoms with Gasteiger partial charge in [-0.2, -0.15) is 0 Å². The molecule has 3 N–H and O–H groups in total. The molecule has 0 saturated heterocycles. The average Bonchev–Trinajstić information content (AvgIpc) is 2.77. The van der Waals surface area contributed by atoms with Crippen molar-refractivity contribution in [3.8, 4) is 0 Å². The van der Waals surface area contributed by atoms with Gasteiger partial charge in [-0.3, -0.25) is 0 Å². The summed E-state index contributed by atoms with van der Waals surface area (Å²) in [6.45, 7) is 2.10. The van der Waals surface area contributed by atoms with Gasteiger partial charge in [-0.15, -0.1) is 0 Å². The molecule has 1 unspecified atom stereocenters. The predicted octanol–water partition coefficient (Wildman–Crippen LogP) is 2.21. The van der Waals surface area contributed by atoms with Gasteiger partial charge in [-0.25, -0.2) is 4.98 Å². The van der Waals surface area contributed by atoms with Crippen LogP contribution >= 0.6 is 0 Å². The number of nitrogens with two attached hydrogens (primary N) is 1. The first-order valence-electron chi connectivity index (χ1n) is 5.63. The highest BCUT2D eigenvalue weighted by Gasteiger charge is 2.10. The summed E-state index contributed by atoms with van der Waals surface area (Å²) in [5.74, 6) is 0. The summed E-state index contributed by atoms with van der Waals surface area (Å²) in [5.41, 5.74) is 9.60. The zero-order valence-corrected chi connectivity index (χ0v) is 9.48. The third-order valence-electron chi connectivity index (χ3n) is 2.79. The normalized spacial score (nSPS) is 12.6. The zero-order valence-electron chi connectivity index (χ0n) is 9.48. The number of aromatic nitrogens is 2. The van der Waals surface area contributed by atoms with E-state index in [4.69, 9.17) is 5.73 Å². The lowest BCUT2D eigenvalue weighted by Crippen LogP contribution is -2.14. The van der Waals surface area contributed by atoms with E-state index >= 15 is 0 Å². The van der Waals surface area contributed by atoms with E-state index in [-0.39, 0.29) is 6.04 Å². The van der Waals surface area contributed by atoms with Crippen LogP contribution in [0.25, 0.3) is 0 Å². The Morgan fingerprint density at radius 1 is 1.31 bits per heavy atom. The maximum Gasteiger partial charge on any atom is 0.0925 e. The molecule has 3 heteroatoms. The van der Waals surface area contributed by atoms with E-state index in [1.54, 1.807) is 6.33 Å². The van der Waals surface area contributed by atoms with Crippen LogP contribution in [0.2, 0.25) is 0 Å². The molecular formula is C13H17N3. The summed E-state index contributed by atoms with van der Waals surface area (Å²) in [4.78, 5) is 7.44. The van der Waals surface area contributed by atoms with E-state index in [0.717, 1.165) is 24.2 Å². The number of rotatable bonds is 4. The van der Waals surface area contributed by atoms with Crippen molar-refractivity contribution in [3.05, 3.63) is 53.6 Å². The first-order valence-corrected chi connectivity index (χ1v) is 5.63. The molecule has 1 atom stereocenters. The van der Waals surface area contributed by atoms with Crippen molar-refractivity contribution < 1.29 is 0 Å². The lowest BCUT2D eigenvalue weighted by atomic mass is 10.0. The zero-order chi connectivity index (χ0) is 11.4. The minimum atomic E-state index is 0.0342. The summed E-state index contributed by atoms with van der Waals surface area (Å²) in [7, 11) is 0. The van der Waals surface area contributed by atoms with Crippen molar-refractivity contribution in [2.45, 2.75) is 25.8 Å². The van der Waals surface area contributed by atoms with Gasteiger partial charge in [-0.1, -0.05) is 37.3 Å². The Labute approximate surface area is 95.7 Å². The fourth-order valence-corrected chi connectivity index (χ4v) is 1.87. The highest BCUT2D eigenvalue weighted by molar-refractivity contribution is 5.22. The van der Waals surface area contributed by atoms with Crippen LogP contribution in [0, 0.1) is 0 Å². The molecule has 0 saturated carbocycles. The monoisotopic (exact) mass is 215 g/mol. The van der Waals surface area contributed by atoms with Crippen LogP contribution in [0.5, 0.6) is 0 Å². The molecular weight excluding hydrogens is 198 g/mol. The lowest BCUT2D eigenvalue weighted by molar-refractivity contribution is 0.703. The Kier molecular flexibility index (Phi) is 3.37. The van der Waals surface area contributed by atoms with Gasteiger partial charge in [0.25, 0.3) is 0 Å². The molecule has 0 aliphatic rings. The number of nitrogens with zero attached hydrogens (tertiary/aromatic N) is 1. The highest BCUT2D eigenvalue weighted by atomic mass is 14.9. The molecule has 0 aliphatic carbocycles. The summed E-state index contributed by atoms with van der Waals surface area (Å²) < 4.78 is 0. The summed E-state index contributed by atoms with van der Waals surface area (Å²) in [6, 6.07) is 10.2. The number of imidazole rings is 1. The second kappa shape index (κ2) is 4.94. The largest absolute Gasteiger partial charge is 0.348 e. The SMILES string of the molecule is CCc1nc[nH]c1CC(N)c1ccccc1. The number of nitrogens with one attached hydrogen (secondary N) is 1. The Hall–Kier alpha value is -1.61. The number of H-pyrrole nitrogens is 1.